The number of nitrogens with zero attached hydrogens (tertiary/aromatic N) is 2. The lowest BCUT2D eigenvalue weighted by Crippen LogP contribution is -2.46. The Morgan fingerprint density at radius 1 is 1.07 bits per heavy atom. The van der Waals surface area contributed by atoms with Crippen molar-refractivity contribution in [3.05, 3.63) is 58.0 Å². The van der Waals surface area contributed by atoms with Crippen molar-refractivity contribution >= 4 is 38.3 Å². The van der Waals surface area contributed by atoms with Crippen LogP contribution in [-0.2, 0) is 21.1 Å². The highest BCUT2D eigenvalue weighted by Gasteiger charge is 2.37. The molecule has 3 heterocycles. The molecule has 0 spiro atoms. The molecule has 41 heavy (non-hydrogen) atoms. The number of carbonyl (C=O) groups excluding carboxylic acids is 1. The van der Waals surface area contributed by atoms with E-state index < -0.39 is 61.9 Å². The molecule has 0 saturated heterocycles. The number of rotatable bonds is 9. The summed E-state index contributed by atoms with van der Waals surface area (Å²) >= 11 is 0. The fraction of sp³-hybridized carbons (Fsp3) is 0.385. The van der Waals surface area contributed by atoms with Crippen molar-refractivity contribution < 1.29 is 50.4 Å². The summed E-state index contributed by atoms with van der Waals surface area (Å²) in [6, 6.07) is 4.99. The number of hydrogen-bond donors (Lipinski definition) is 3. The molecule has 0 radical (unpaired) electrons. The number of fused-ring (bicyclic) bond motifs is 2. The molecule has 3 N–H and O–H groups in total. The first-order chi connectivity index (χ1) is 19.0. The van der Waals surface area contributed by atoms with Crippen LogP contribution in [0.1, 0.15) is 50.7 Å². The first-order valence-electron chi connectivity index (χ1n) is 12.4. The molecule has 0 aliphatic carbocycles. The second-order valence-electron chi connectivity index (χ2n) is 10.2. The van der Waals surface area contributed by atoms with Gasteiger partial charge in [0.2, 0.25) is 11.8 Å². The van der Waals surface area contributed by atoms with Gasteiger partial charge >= 0.3 is 17.8 Å². The van der Waals surface area contributed by atoms with Crippen LogP contribution in [0, 0.1) is 0 Å². The van der Waals surface area contributed by atoms with Crippen LogP contribution in [0.3, 0.4) is 0 Å². The molecule has 4 rings (SSSR count). The van der Waals surface area contributed by atoms with E-state index in [0.717, 1.165) is 18.2 Å². The summed E-state index contributed by atoms with van der Waals surface area (Å²) in [5.74, 6) is -2.44. The lowest BCUT2D eigenvalue weighted by atomic mass is 9.87. The van der Waals surface area contributed by atoms with Gasteiger partial charge in [0.25, 0.3) is 10.1 Å². The second kappa shape index (κ2) is 10.8. The maximum atomic E-state index is 13.7. The van der Waals surface area contributed by atoms with Gasteiger partial charge in [0, 0.05) is 53.9 Å². The third-order valence-electron chi connectivity index (χ3n) is 6.62. The van der Waals surface area contributed by atoms with Crippen LogP contribution in [-0.4, -0.2) is 51.7 Å². The van der Waals surface area contributed by atoms with E-state index in [4.69, 9.17) is 9.25 Å². The molecule has 0 atom stereocenters. The zero-order valence-corrected chi connectivity index (χ0v) is 22.8. The summed E-state index contributed by atoms with van der Waals surface area (Å²) in [5.41, 5.74) is -3.12. The third kappa shape index (κ3) is 6.68. The Bertz CT molecular complexity index is 1670. The van der Waals surface area contributed by atoms with Crippen molar-refractivity contribution in [1.29, 1.82) is 0 Å². The number of benzene rings is 1. The minimum atomic E-state index is -4.89. The fourth-order valence-electron chi connectivity index (χ4n) is 4.89. The van der Waals surface area contributed by atoms with Gasteiger partial charge in [-0.05, 0) is 38.3 Å². The Morgan fingerprint density at radius 3 is 2.34 bits per heavy atom. The highest BCUT2D eigenvalue weighted by atomic mass is 32.2. The van der Waals surface area contributed by atoms with E-state index >= 15 is 0 Å². The van der Waals surface area contributed by atoms with Crippen molar-refractivity contribution in [2.75, 3.05) is 17.2 Å². The predicted molar refractivity (Wildman–Crippen MR) is 141 cm³/mol. The first-order valence-corrected chi connectivity index (χ1v) is 14.0. The monoisotopic (exact) mass is 600 g/mol. The van der Waals surface area contributed by atoms with Gasteiger partial charge in [-0.3, -0.25) is 4.55 Å². The van der Waals surface area contributed by atoms with E-state index in [2.05, 4.69) is 0 Å². The molecule has 0 fully saturated rings. The SMILES string of the molecule is CC1(C)C=C(CS(=O)(=O)O)c2cc3c(C(F)(F)F)cc(=O)oc3cc2N1CCCCCC(=O)On1c(O)ccc1O. The van der Waals surface area contributed by atoms with E-state index in [1.165, 1.54) is 6.07 Å². The maximum absolute atomic E-state index is 13.7. The fourth-order valence-corrected chi connectivity index (χ4v) is 5.52. The van der Waals surface area contributed by atoms with Crippen LogP contribution < -0.4 is 15.4 Å². The number of aromatic hydroxyl groups is 2. The molecule has 2 aromatic heterocycles. The van der Waals surface area contributed by atoms with E-state index in [1.54, 1.807) is 19.9 Å². The van der Waals surface area contributed by atoms with Crippen LogP contribution in [0.5, 0.6) is 11.8 Å². The topological polar surface area (TPSA) is 160 Å². The highest BCUT2D eigenvalue weighted by molar-refractivity contribution is 7.86. The third-order valence-corrected chi connectivity index (χ3v) is 7.29. The van der Waals surface area contributed by atoms with Gasteiger partial charge in [0.15, 0.2) is 0 Å². The number of alkyl halides is 3. The minimum absolute atomic E-state index is 0.0362. The van der Waals surface area contributed by atoms with Gasteiger partial charge in [-0.2, -0.15) is 21.6 Å². The smallest absolute Gasteiger partial charge is 0.417 e. The van der Waals surface area contributed by atoms with Crippen LogP contribution in [0.4, 0.5) is 18.9 Å². The summed E-state index contributed by atoms with van der Waals surface area (Å²) < 4.78 is 80.0. The number of carbonyl (C=O) groups is 1. The molecule has 1 aromatic carbocycles. The molecule has 222 valence electrons. The number of unbranched alkanes of at least 4 members (excludes halogenated alkanes) is 2. The molecule has 0 unspecified atom stereocenters. The standard InChI is InChI=1S/C26H27F3N2O9S/c1-25(2)13-15(14-41(36,37)38)16-10-17-18(26(27,28)29)11-24(35)39-20(17)12-19(16)30(25)9-5-3-4-6-23(34)40-31-21(32)7-8-22(31)33/h7-8,10-13,32-33H,3-6,9,14H2,1-2H3,(H,36,37,38). The number of halogens is 3. The summed E-state index contributed by atoms with van der Waals surface area (Å²) in [6.07, 6.45) is -2.01. The lowest BCUT2D eigenvalue weighted by molar-refractivity contribution is -0.145. The van der Waals surface area contributed by atoms with Crippen molar-refractivity contribution in [3.63, 3.8) is 0 Å². The molecular weight excluding hydrogens is 573 g/mol. The lowest BCUT2D eigenvalue weighted by Gasteiger charge is -2.44. The summed E-state index contributed by atoms with van der Waals surface area (Å²) in [7, 11) is -4.55. The van der Waals surface area contributed by atoms with Gasteiger partial charge in [-0.15, -0.1) is 4.73 Å². The van der Waals surface area contributed by atoms with Crippen molar-refractivity contribution in [3.8, 4) is 11.8 Å². The van der Waals surface area contributed by atoms with E-state index in [0.29, 0.717) is 42.3 Å². The van der Waals surface area contributed by atoms with E-state index in [-0.39, 0.29) is 23.1 Å². The molecular formula is C26H27F3N2O9S. The van der Waals surface area contributed by atoms with Crippen molar-refractivity contribution in [1.82, 2.24) is 4.73 Å². The first kappa shape index (κ1) is 30.0. The number of hydrogen-bond acceptors (Lipinski definition) is 9. The minimum Gasteiger partial charge on any atom is -0.492 e. The van der Waals surface area contributed by atoms with Crippen molar-refractivity contribution in [2.45, 2.75) is 51.2 Å². The van der Waals surface area contributed by atoms with E-state index in [1.807, 2.05) is 4.90 Å². The Morgan fingerprint density at radius 2 is 1.73 bits per heavy atom. The van der Waals surface area contributed by atoms with Gasteiger partial charge < -0.3 is 24.4 Å². The predicted octanol–water partition coefficient (Wildman–Crippen LogP) is 4.11. The molecule has 1 aliphatic heterocycles. The molecule has 3 aromatic rings. The summed E-state index contributed by atoms with van der Waals surface area (Å²) in [6.45, 7) is 3.82. The average molecular weight is 601 g/mol. The van der Waals surface area contributed by atoms with Gasteiger partial charge in [0.1, 0.15) is 11.3 Å². The van der Waals surface area contributed by atoms with Crippen molar-refractivity contribution in [2.24, 2.45) is 0 Å². The normalized spacial score (nSPS) is 15.1. The average Bonchev–Trinajstić information content (AvgIpc) is 3.14. The molecule has 0 bridgehead atoms. The molecule has 0 amide bonds. The molecule has 15 heteroatoms. The Hall–Kier alpha value is -3.98. The van der Waals surface area contributed by atoms with Crippen LogP contribution >= 0.6 is 0 Å². The number of anilines is 1. The quantitative estimate of drug-likeness (QED) is 0.185. The van der Waals surface area contributed by atoms with Crippen LogP contribution in [0.2, 0.25) is 0 Å². The van der Waals surface area contributed by atoms with Crippen LogP contribution in [0.25, 0.3) is 16.5 Å². The zero-order chi connectivity index (χ0) is 30.3. The largest absolute Gasteiger partial charge is 0.492 e. The van der Waals surface area contributed by atoms with E-state index in [9.17, 15) is 45.9 Å². The van der Waals surface area contributed by atoms with Gasteiger partial charge in [-0.1, -0.05) is 12.5 Å². The molecule has 11 nitrogen and oxygen atoms in total. The summed E-state index contributed by atoms with van der Waals surface area (Å²) in [4.78, 5) is 30.7. The zero-order valence-electron chi connectivity index (χ0n) is 21.9. The maximum Gasteiger partial charge on any atom is 0.417 e. The van der Waals surface area contributed by atoms with Crippen LogP contribution in [0.15, 0.2) is 45.6 Å². The Kier molecular flexibility index (Phi) is 7.88. The molecule has 1 aliphatic rings. The second-order valence-corrected chi connectivity index (χ2v) is 11.6. The Labute approximate surface area is 231 Å². The Balaban J connectivity index is 1.59. The summed E-state index contributed by atoms with van der Waals surface area (Å²) in [5, 5.41) is 18.7. The number of aromatic nitrogens is 1. The molecule has 0 saturated carbocycles. The van der Waals surface area contributed by atoms with Gasteiger partial charge in [0.05, 0.1) is 11.1 Å². The highest BCUT2D eigenvalue weighted by Crippen LogP contribution is 2.44. The van der Waals surface area contributed by atoms with Gasteiger partial charge in [-0.25, -0.2) is 9.59 Å².